The minimum Gasteiger partial charge on any atom is -0.352 e. The Morgan fingerprint density at radius 1 is 0.892 bits per heavy atom. The van der Waals surface area contributed by atoms with Crippen LogP contribution in [0.15, 0.2) is 83.8 Å². The molecule has 2 amide bonds. The number of carbonyl (C=O) groups is 2. The number of carbonyl (C=O) groups excluding carboxylic acids is 2. The minimum atomic E-state index is -4.13. The number of nitrogens with one attached hydrogen (secondary N) is 1. The first-order chi connectivity index (χ1) is 17.5. The highest BCUT2D eigenvalue weighted by Crippen LogP contribution is 2.25. The summed E-state index contributed by atoms with van der Waals surface area (Å²) in [4.78, 5) is 27.8. The molecule has 0 bridgehead atoms. The van der Waals surface area contributed by atoms with Gasteiger partial charge in [-0.15, -0.1) is 0 Å². The summed E-state index contributed by atoms with van der Waals surface area (Å²) in [5, 5.41) is 2.77. The van der Waals surface area contributed by atoms with Gasteiger partial charge in [0.1, 0.15) is 18.4 Å². The molecule has 7 nitrogen and oxygen atoms in total. The number of anilines is 1. The summed E-state index contributed by atoms with van der Waals surface area (Å²) in [6.45, 7) is 6.19. The van der Waals surface area contributed by atoms with Gasteiger partial charge in [0.25, 0.3) is 10.0 Å². The summed E-state index contributed by atoms with van der Waals surface area (Å²) in [5.74, 6) is -1.59. The van der Waals surface area contributed by atoms with Crippen molar-refractivity contribution < 1.29 is 22.4 Å². The molecule has 3 rings (SSSR count). The van der Waals surface area contributed by atoms with Crippen LogP contribution in [-0.2, 0) is 26.2 Å². The van der Waals surface area contributed by atoms with Crippen molar-refractivity contribution in [1.29, 1.82) is 0 Å². The van der Waals surface area contributed by atoms with Crippen molar-refractivity contribution in [2.45, 2.75) is 51.2 Å². The minimum absolute atomic E-state index is 0.0287. The van der Waals surface area contributed by atoms with E-state index in [1.807, 2.05) is 6.92 Å². The van der Waals surface area contributed by atoms with Crippen molar-refractivity contribution in [2.75, 3.05) is 10.8 Å². The Kier molecular flexibility index (Phi) is 9.04. The molecule has 0 radical (unpaired) electrons. The number of rotatable bonds is 10. The van der Waals surface area contributed by atoms with E-state index in [4.69, 9.17) is 0 Å². The largest absolute Gasteiger partial charge is 0.352 e. The highest BCUT2D eigenvalue weighted by molar-refractivity contribution is 7.92. The van der Waals surface area contributed by atoms with Gasteiger partial charge in [0.15, 0.2) is 0 Å². The summed E-state index contributed by atoms with van der Waals surface area (Å²) in [5.41, 5.74) is 1.40. The molecule has 0 aliphatic rings. The maximum absolute atomic E-state index is 14.5. The SMILES string of the molecule is Cc1ccc(S(=O)(=O)N(CC(=O)N(Cc2ccccc2F)[C@@H](C)C(=O)NC(C)C)c2ccccc2)cc1. The highest BCUT2D eigenvalue weighted by Gasteiger charge is 2.32. The molecule has 0 aromatic heterocycles. The average Bonchev–Trinajstić information content (AvgIpc) is 2.86. The molecule has 1 N–H and O–H groups in total. The summed E-state index contributed by atoms with van der Waals surface area (Å²) in [7, 11) is -4.13. The molecule has 0 spiro atoms. The van der Waals surface area contributed by atoms with E-state index in [9.17, 15) is 22.4 Å². The van der Waals surface area contributed by atoms with E-state index in [-0.39, 0.29) is 23.0 Å². The lowest BCUT2D eigenvalue weighted by molar-refractivity contribution is -0.139. The number of hydrogen-bond acceptors (Lipinski definition) is 4. The predicted octanol–water partition coefficient (Wildman–Crippen LogP) is 4.27. The van der Waals surface area contributed by atoms with Crippen LogP contribution in [0.3, 0.4) is 0 Å². The standard InChI is InChI=1S/C28H32FN3O4S/c1-20(2)30-28(34)22(4)31(18-23-10-8-9-13-26(23)29)27(33)19-32(24-11-6-5-7-12-24)37(35,36)25-16-14-21(3)15-17-25/h5-17,20,22H,18-19H2,1-4H3,(H,30,34)/t22-/m0/s1. The second kappa shape index (κ2) is 12.0. The first-order valence-corrected chi connectivity index (χ1v) is 13.4. The zero-order valence-electron chi connectivity index (χ0n) is 21.4. The van der Waals surface area contributed by atoms with Crippen molar-refractivity contribution in [3.8, 4) is 0 Å². The molecule has 0 saturated carbocycles. The predicted molar refractivity (Wildman–Crippen MR) is 142 cm³/mol. The zero-order chi connectivity index (χ0) is 27.2. The van der Waals surface area contributed by atoms with Gasteiger partial charge in [-0.05, 0) is 58.0 Å². The van der Waals surface area contributed by atoms with Crippen molar-refractivity contribution in [3.63, 3.8) is 0 Å². The number of hydrogen-bond donors (Lipinski definition) is 1. The first kappa shape index (κ1) is 27.9. The first-order valence-electron chi connectivity index (χ1n) is 12.0. The highest BCUT2D eigenvalue weighted by atomic mass is 32.2. The average molecular weight is 526 g/mol. The Balaban J connectivity index is 2.01. The number of aryl methyl sites for hydroxylation is 1. The number of halogens is 1. The number of amides is 2. The number of benzene rings is 3. The third kappa shape index (κ3) is 6.95. The molecule has 37 heavy (non-hydrogen) atoms. The third-order valence-corrected chi connectivity index (χ3v) is 7.62. The van der Waals surface area contributed by atoms with Crippen LogP contribution < -0.4 is 9.62 Å². The molecule has 3 aromatic carbocycles. The molecule has 0 heterocycles. The van der Waals surface area contributed by atoms with E-state index in [0.717, 1.165) is 9.87 Å². The van der Waals surface area contributed by atoms with Crippen LogP contribution in [0, 0.1) is 12.7 Å². The van der Waals surface area contributed by atoms with Crippen molar-refractivity contribution in [2.24, 2.45) is 0 Å². The zero-order valence-corrected chi connectivity index (χ0v) is 22.2. The van der Waals surface area contributed by atoms with E-state index in [2.05, 4.69) is 5.32 Å². The van der Waals surface area contributed by atoms with E-state index in [1.165, 1.54) is 42.2 Å². The van der Waals surface area contributed by atoms with Gasteiger partial charge in [-0.2, -0.15) is 0 Å². The van der Waals surface area contributed by atoms with Gasteiger partial charge in [-0.3, -0.25) is 13.9 Å². The fourth-order valence-electron chi connectivity index (χ4n) is 3.76. The van der Waals surface area contributed by atoms with E-state index in [1.54, 1.807) is 62.4 Å². The van der Waals surface area contributed by atoms with E-state index >= 15 is 0 Å². The van der Waals surface area contributed by atoms with Gasteiger partial charge in [0, 0.05) is 18.2 Å². The fourth-order valence-corrected chi connectivity index (χ4v) is 5.17. The number of nitrogens with zero attached hydrogens (tertiary/aromatic N) is 2. The second-order valence-electron chi connectivity index (χ2n) is 9.11. The molecule has 1 atom stereocenters. The Bertz CT molecular complexity index is 1330. The van der Waals surface area contributed by atoms with Crippen molar-refractivity contribution in [1.82, 2.24) is 10.2 Å². The second-order valence-corrected chi connectivity index (χ2v) is 11.0. The molecule has 3 aromatic rings. The molecular weight excluding hydrogens is 493 g/mol. The third-order valence-electron chi connectivity index (χ3n) is 5.83. The van der Waals surface area contributed by atoms with Crippen LogP contribution in [0.1, 0.15) is 31.9 Å². The number of para-hydroxylation sites is 1. The lowest BCUT2D eigenvalue weighted by atomic mass is 10.1. The van der Waals surface area contributed by atoms with Crippen molar-refractivity contribution in [3.05, 3.63) is 95.8 Å². The van der Waals surface area contributed by atoms with Crippen LogP contribution in [0.4, 0.5) is 10.1 Å². The quantitative estimate of drug-likeness (QED) is 0.428. The topological polar surface area (TPSA) is 86.8 Å². The van der Waals surface area contributed by atoms with Gasteiger partial charge in [-0.1, -0.05) is 54.1 Å². The molecule has 0 aliphatic carbocycles. The Morgan fingerprint density at radius 3 is 2.08 bits per heavy atom. The van der Waals surface area contributed by atoms with Gasteiger partial charge in [0.2, 0.25) is 11.8 Å². The van der Waals surface area contributed by atoms with Gasteiger partial charge >= 0.3 is 0 Å². The summed E-state index contributed by atoms with van der Waals surface area (Å²) in [6.07, 6.45) is 0. The van der Waals surface area contributed by atoms with E-state index < -0.39 is 40.2 Å². The van der Waals surface area contributed by atoms with Crippen LogP contribution in [-0.4, -0.2) is 43.8 Å². The molecule has 0 unspecified atom stereocenters. The van der Waals surface area contributed by atoms with Crippen LogP contribution in [0.25, 0.3) is 0 Å². The summed E-state index contributed by atoms with van der Waals surface area (Å²) >= 11 is 0. The monoisotopic (exact) mass is 525 g/mol. The number of sulfonamides is 1. The fraction of sp³-hybridized carbons (Fsp3) is 0.286. The lowest BCUT2D eigenvalue weighted by Crippen LogP contribution is -2.52. The maximum atomic E-state index is 14.5. The molecular formula is C28H32FN3O4S. The van der Waals surface area contributed by atoms with E-state index in [0.29, 0.717) is 5.69 Å². The van der Waals surface area contributed by atoms with Gasteiger partial charge < -0.3 is 10.2 Å². The van der Waals surface area contributed by atoms with Gasteiger partial charge in [-0.25, -0.2) is 12.8 Å². The Labute approximate surface area is 218 Å². The molecule has 0 saturated heterocycles. The molecule has 9 heteroatoms. The Hall–Kier alpha value is -3.72. The lowest BCUT2D eigenvalue weighted by Gasteiger charge is -2.32. The smallest absolute Gasteiger partial charge is 0.264 e. The van der Waals surface area contributed by atoms with Crippen molar-refractivity contribution >= 4 is 27.5 Å². The van der Waals surface area contributed by atoms with Crippen LogP contribution >= 0.6 is 0 Å². The summed E-state index contributed by atoms with van der Waals surface area (Å²) < 4.78 is 42.9. The normalized spacial score (nSPS) is 12.2. The molecule has 0 fully saturated rings. The molecule has 196 valence electrons. The Morgan fingerprint density at radius 2 is 1.49 bits per heavy atom. The summed E-state index contributed by atoms with van der Waals surface area (Å²) in [6, 6.07) is 19.4. The van der Waals surface area contributed by atoms with Gasteiger partial charge in [0.05, 0.1) is 10.6 Å². The van der Waals surface area contributed by atoms with Crippen LogP contribution in [0.2, 0.25) is 0 Å². The molecule has 0 aliphatic heterocycles. The maximum Gasteiger partial charge on any atom is 0.264 e. The van der Waals surface area contributed by atoms with Crippen LogP contribution in [0.5, 0.6) is 0 Å².